The van der Waals surface area contributed by atoms with E-state index in [1.165, 1.54) is 5.56 Å². The van der Waals surface area contributed by atoms with E-state index in [9.17, 15) is 4.79 Å². The fraction of sp³-hybridized carbons (Fsp3) is 0.417. The highest BCUT2D eigenvalue weighted by atomic mass is 16.2. The van der Waals surface area contributed by atoms with Crippen molar-refractivity contribution in [2.75, 3.05) is 25.4 Å². The number of anilines is 1. The van der Waals surface area contributed by atoms with Crippen LogP contribution in [0.3, 0.4) is 0 Å². The van der Waals surface area contributed by atoms with E-state index in [0.717, 1.165) is 24.3 Å². The van der Waals surface area contributed by atoms with Gasteiger partial charge >= 0.3 is 0 Å². The van der Waals surface area contributed by atoms with Crippen molar-refractivity contribution in [1.29, 1.82) is 0 Å². The third-order valence-electron chi connectivity index (χ3n) is 2.92. The van der Waals surface area contributed by atoms with E-state index in [0.29, 0.717) is 13.1 Å². The Morgan fingerprint density at radius 2 is 2.31 bits per heavy atom. The van der Waals surface area contributed by atoms with E-state index in [4.69, 9.17) is 5.73 Å². The van der Waals surface area contributed by atoms with Gasteiger partial charge in [-0.1, -0.05) is 6.07 Å². The summed E-state index contributed by atoms with van der Waals surface area (Å²) >= 11 is 0. The number of carbonyl (C=O) groups is 1. The van der Waals surface area contributed by atoms with Crippen LogP contribution in [-0.2, 0) is 11.3 Å². The Morgan fingerprint density at radius 3 is 3.06 bits per heavy atom. The second kappa shape index (κ2) is 4.53. The number of hydrogen-bond donors (Lipinski definition) is 2. The van der Waals surface area contributed by atoms with E-state index < -0.39 is 0 Å². The van der Waals surface area contributed by atoms with Gasteiger partial charge in [0.2, 0.25) is 5.91 Å². The summed E-state index contributed by atoms with van der Waals surface area (Å²) in [6, 6.07) is 5.83. The highest BCUT2D eigenvalue weighted by Crippen LogP contribution is 2.15. The molecule has 1 aromatic carbocycles. The van der Waals surface area contributed by atoms with Crippen molar-refractivity contribution in [1.82, 2.24) is 10.2 Å². The largest absolute Gasteiger partial charge is 0.399 e. The Morgan fingerprint density at radius 1 is 1.50 bits per heavy atom. The molecule has 4 nitrogen and oxygen atoms in total. The molecule has 0 aliphatic carbocycles. The topological polar surface area (TPSA) is 58.4 Å². The second-order valence-electron chi connectivity index (χ2n) is 4.18. The van der Waals surface area contributed by atoms with Gasteiger partial charge in [-0.2, -0.15) is 0 Å². The van der Waals surface area contributed by atoms with Crippen LogP contribution in [0.15, 0.2) is 18.2 Å². The van der Waals surface area contributed by atoms with Crippen molar-refractivity contribution in [3.63, 3.8) is 0 Å². The Bertz CT molecular complexity index is 403. The fourth-order valence-electron chi connectivity index (χ4n) is 1.88. The summed E-state index contributed by atoms with van der Waals surface area (Å²) in [6.45, 7) is 4.79. The molecule has 3 N–H and O–H groups in total. The Hall–Kier alpha value is -1.55. The molecule has 0 bridgehead atoms. The molecule has 1 heterocycles. The average molecular weight is 219 g/mol. The fourth-order valence-corrected chi connectivity index (χ4v) is 1.88. The maximum Gasteiger partial charge on any atom is 0.236 e. The van der Waals surface area contributed by atoms with Crippen LogP contribution < -0.4 is 11.1 Å². The molecule has 1 aromatic rings. The van der Waals surface area contributed by atoms with Crippen LogP contribution in [0.5, 0.6) is 0 Å². The third kappa shape index (κ3) is 2.33. The molecule has 0 spiro atoms. The number of hydrogen-bond acceptors (Lipinski definition) is 3. The lowest BCUT2D eigenvalue weighted by atomic mass is 10.1. The molecule has 2 rings (SSSR count). The van der Waals surface area contributed by atoms with Crippen LogP contribution in [0, 0.1) is 6.92 Å². The van der Waals surface area contributed by atoms with Gasteiger partial charge in [0.25, 0.3) is 0 Å². The molecule has 0 atom stereocenters. The molecule has 1 amide bonds. The van der Waals surface area contributed by atoms with Gasteiger partial charge in [-0.15, -0.1) is 0 Å². The van der Waals surface area contributed by atoms with E-state index in [1.807, 2.05) is 30.0 Å². The quantitative estimate of drug-likeness (QED) is 0.712. The van der Waals surface area contributed by atoms with Crippen LogP contribution in [0.2, 0.25) is 0 Å². The third-order valence-corrected chi connectivity index (χ3v) is 2.92. The molecule has 86 valence electrons. The highest BCUT2D eigenvalue weighted by Gasteiger charge is 2.18. The molecule has 4 heteroatoms. The van der Waals surface area contributed by atoms with Crippen molar-refractivity contribution in [3.8, 4) is 0 Å². The number of aryl methyl sites for hydroxylation is 1. The van der Waals surface area contributed by atoms with Crippen molar-refractivity contribution < 1.29 is 4.79 Å². The minimum absolute atomic E-state index is 0.160. The molecule has 0 aromatic heterocycles. The van der Waals surface area contributed by atoms with Crippen molar-refractivity contribution in [2.24, 2.45) is 0 Å². The number of amides is 1. The predicted molar refractivity (Wildman–Crippen MR) is 63.9 cm³/mol. The molecule has 1 aliphatic rings. The van der Waals surface area contributed by atoms with Crippen molar-refractivity contribution in [2.45, 2.75) is 13.5 Å². The molecule has 0 radical (unpaired) electrons. The van der Waals surface area contributed by atoms with Gasteiger partial charge in [-0.25, -0.2) is 0 Å². The first-order valence-corrected chi connectivity index (χ1v) is 5.50. The molecule has 1 aliphatic heterocycles. The van der Waals surface area contributed by atoms with Gasteiger partial charge in [0, 0.05) is 25.3 Å². The zero-order valence-electron chi connectivity index (χ0n) is 9.49. The molecular weight excluding hydrogens is 202 g/mol. The normalized spacial score (nSPS) is 16.6. The van der Waals surface area contributed by atoms with Crippen LogP contribution in [0.4, 0.5) is 5.69 Å². The average Bonchev–Trinajstić information content (AvgIpc) is 2.27. The number of carbonyl (C=O) groups excluding carboxylic acids is 1. The zero-order chi connectivity index (χ0) is 11.5. The Kier molecular flexibility index (Phi) is 3.10. The number of nitrogens with one attached hydrogen (secondary N) is 1. The molecule has 0 unspecified atom stereocenters. The van der Waals surface area contributed by atoms with Crippen molar-refractivity contribution in [3.05, 3.63) is 29.3 Å². The summed E-state index contributed by atoms with van der Waals surface area (Å²) in [6.07, 6.45) is 0. The lowest BCUT2D eigenvalue weighted by Gasteiger charge is -2.28. The first-order valence-electron chi connectivity index (χ1n) is 5.50. The maximum atomic E-state index is 11.6. The summed E-state index contributed by atoms with van der Waals surface area (Å²) < 4.78 is 0. The second-order valence-corrected chi connectivity index (χ2v) is 4.18. The van der Waals surface area contributed by atoms with E-state index in [2.05, 4.69) is 5.32 Å². The minimum Gasteiger partial charge on any atom is -0.399 e. The summed E-state index contributed by atoms with van der Waals surface area (Å²) in [5, 5.41) is 3.06. The van der Waals surface area contributed by atoms with Crippen LogP contribution >= 0.6 is 0 Å². The molecule has 1 fully saturated rings. The van der Waals surface area contributed by atoms with E-state index >= 15 is 0 Å². The highest BCUT2D eigenvalue weighted by molar-refractivity contribution is 5.79. The number of piperazine rings is 1. The standard InChI is InChI=1S/C12H17N3O/c1-9-2-3-11(13)6-10(9)8-15-5-4-14-7-12(15)16/h2-3,6,14H,4-5,7-8,13H2,1H3. The summed E-state index contributed by atoms with van der Waals surface area (Å²) in [5.74, 6) is 0.160. The first-order chi connectivity index (χ1) is 7.66. The molecule has 16 heavy (non-hydrogen) atoms. The number of rotatable bonds is 2. The minimum atomic E-state index is 0.160. The van der Waals surface area contributed by atoms with Crippen molar-refractivity contribution >= 4 is 11.6 Å². The van der Waals surface area contributed by atoms with Crippen LogP contribution in [0.25, 0.3) is 0 Å². The van der Waals surface area contributed by atoms with E-state index in [-0.39, 0.29) is 5.91 Å². The van der Waals surface area contributed by atoms with Crippen LogP contribution in [0.1, 0.15) is 11.1 Å². The predicted octanol–water partition coefficient (Wildman–Crippen LogP) is 0.509. The van der Waals surface area contributed by atoms with Gasteiger partial charge < -0.3 is 16.0 Å². The van der Waals surface area contributed by atoms with Gasteiger partial charge in [0.1, 0.15) is 0 Å². The SMILES string of the molecule is Cc1ccc(N)cc1CN1CCNCC1=O. The number of nitrogen functional groups attached to an aromatic ring is 1. The van der Waals surface area contributed by atoms with Gasteiger partial charge in [-0.05, 0) is 30.2 Å². The lowest BCUT2D eigenvalue weighted by Crippen LogP contribution is -2.47. The Balaban J connectivity index is 2.13. The molecular formula is C12H17N3O. The van der Waals surface area contributed by atoms with Gasteiger partial charge in [-0.3, -0.25) is 4.79 Å². The monoisotopic (exact) mass is 219 g/mol. The van der Waals surface area contributed by atoms with Gasteiger partial charge in [0.15, 0.2) is 0 Å². The summed E-state index contributed by atoms with van der Waals surface area (Å²) in [5.41, 5.74) is 8.82. The smallest absolute Gasteiger partial charge is 0.236 e. The number of nitrogens with two attached hydrogens (primary N) is 1. The molecule has 0 saturated carbocycles. The van der Waals surface area contributed by atoms with Gasteiger partial charge in [0.05, 0.1) is 6.54 Å². The maximum absolute atomic E-state index is 11.6. The summed E-state index contributed by atoms with van der Waals surface area (Å²) in [7, 11) is 0. The Labute approximate surface area is 95.4 Å². The first kappa shape index (κ1) is 11.0. The van der Waals surface area contributed by atoms with Crippen LogP contribution in [-0.4, -0.2) is 30.4 Å². The number of nitrogens with zero attached hydrogens (tertiary/aromatic N) is 1. The summed E-state index contributed by atoms with van der Waals surface area (Å²) in [4.78, 5) is 13.5. The zero-order valence-corrected chi connectivity index (χ0v) is 9.49. The lowest BCUT2D eigenvalue weighted by molar-refractivity contribution is -0.132. The molecule has 1 saturated heterocycles. The van der Waals surface area contributed by atoms with E-state index in [1.54, 1.807) is 0 Å². The number of benzene rings is 1.